The van der Waals surface area contributed by atoms with Crippen molar-refractivity contribution in [1.82, 2.24) is 4.90 Å². The molecule has 1 aliphatic heterocycles. The number of rotatable bonds is 4. The molecular formula is C18H18ClNO2S. The molecular weight excluding hydrogens is 330 g/mol. The van der Waals surface area contributed by atoms with Crippen molar-refractivity contribution in [2.75, 3.05) is 12.3 Å². The van der Waals surface area contributed by atoms with Gasteiger partial charge in [-0.25, -0.2) is 0 Å². The molecule has 1 aliphatic rings. The molecule has 1 atom stereocenters. The third-order valence-electron chi connectivity index (χ3n) is 3.98. The molecule has 2 aromatic carbocycles. The molecule has 5 heteroatoms. The fourth-order valence-corrected chi connectivity index (χ4v) is 4.13. The minimum atomic E-state index is -1.22. The van der Waals surface area contributed by atoms with Gasteiger partial charge >= 0.3 is 0 Å². The van der Waals surface area contributed by atoms with Crippen molar-refractivity contribution >= 4 is 28.3 Å². The Balaban J connectivity index is 1.58. The van der Waals surface area contributed by atoms with Crippen molar-refractivity contribution in [3.63, 3.8) is 0 Å². The quantitative estimate of drug-likeness (QED) is 0.851. The molecule has 0 saturated heterocycles. The first-order chi connectivity index (χ1) is 11.1. The Morgan fingerprint density at radius 1 is 1.13 bits per heavy atom. The highest BCUT2D eigenvalue weighted by molar-refractivity contribution is 7.84. The normalized spacial score (nSPS) is 15.1. The van der Waals surface area contributed by atoms with Crippen molar-refractivity contribution in [2.24, 2.45) is 0 Å². The Morgan fingerprint density at radius 2 is 1.91 bits per heavy atom. The minimum Gasteiger partial charge on any atom is -0.337 e. The molecule has 0 aromatic heterocycles. The van der Waals surface area contributed by atoms with E-state index in [4.69, 9.17) is 11.6 Å². The second-order valence-electron chi connectivity index (χ2n) is 5.69. The summed E-state index contributed by atoms with van der Waals surface area (Å²) in [6.45, 7) is 1.31. The molecule has 0 N–H and O–H groups in total. The number of halogens is 1. The zero-order valence-electron chi connectivity index (χ0n) is 12.7. The van der Waals surface area contributed by atoms with Crippen molar-refractivity contribution < 1.29 is 9.00 Å². The number of fused-ring (bicyclic) bond motifs is 1. The Bertz CT molecular complexity index is 747. The van der Waals surface area contributed by atoms with Gasteiger partial charge < -0.3 is 4.90 Å². The van der Waals surface area contributed by atoms with Crippen LogP contribution in [-0.2, 0) is 34.3 Å². The number of carbonyl (C=O) groups excluding carboxylic acids is 1. The molecule has 1 amide bonds. The van der Waals surface area contributed by atoms with Crippen molar-refractivity contribution in [2.45, 2.75) is 18.7 Å². The standard InChI is InChI=1S/C18H18ClNO2S/c19-17-7-3-4-14(10-17)12-23(22)13-18(21)20-9-8-15-5-1-2-6-16(15)11-20/h1-7,10H,8-9,11-13H2. The number of benzene rings is 2. The van der Waals surface area contributed by atoms with Gasteiger partial charge in [0.25, 0.3) is 0 Å². The van der Waals surface area contributed by atoms with E-state index >= 15 is 0 Å². The Morgan fingerprint density at radius 3 is 2.70 bits per heavy atom. The molecule has 3 rings (SSSR count). The van der Waals surface area contributed by atoms with E-state index in [1.54, 1.807) is 17.0 Å². The molecule has 0 spiro atoms. The van der Waals surface area contributed by atoms with Crippen LogP contribution in [0.3, 0.4) is 0 Å². The molecule has 0 aliphatic carbocycles. The Kier molecular flexibility index (Phi) is 5.13. The largest absolute Gasteiger partial charge is 0.337 e. The first-order valence-corrected chi connectivity index (χ1v) is 9.42. The van der Waals surface area contributed by atoms with Gasteiger partial charge in [0.15, 0.2) is 0 Å². The Labute approximate surface area is 143 Å². The molecule has 1 unspecified atom stereocenters. The van der Waals surface area contributed by atoms with Gasteiger partial charge in [0, 0.05) is 34.7 Å². The lowest BCUT2D eigenvalue weighted by Gasteiger charge is -2.28. The first-order valence-electron chi connectivity index (χ1n) is 7.56. The summed E-state index contributed by atoms with van der Waals surface area (Å²) in [6.07, 6.45) is 0.864. The number of nitrogens with zero attached hydrogens (tertiary/aromatic N) is 1. The van der Waals surface area contributed by atoms with Crippen LogP contribution in [0.2, 0.25) is 5.02 Å². The highest BCUT2D eigenvalue weighted by Crippen LogP contribution is 2.19. The second-order valence-corrected chi connectivity index (χ2v) is 7.59. The predicted octanol–water partition coefficient (Wildman–Crippen LogP) is 3.17. The molecule has 2 aromatic rings. The lowest BCUT2D eigenvalue weighted by atomic mass is 10.00. The smallest absolute Gasteiger partial charge is 0.235 e. The average Bonchev–Trinajstić information content (AvgIpc) is 2.54. The number of carbonyl (C=O) groups is 1. The van der Waals surface area contributed by atoms with Crippen molar-refractivity contribution in [3.05, 3.63) is 70.2 Å². The molecule has 23 heavy (non-hydrogen) atoms. The molecule has 120 valence electrons. The number of amides is 1. The fraction of sp³-hybridized carbons (Fsp3) is 0.278. The lowest BCUT2D eigenvalue weighted by Crippen LogP contribution is -2.38. The van der Waals surface area contributed by atoms with Crippen LogP contribution in [0, 0.1) is 0 Å². The van der Waals surface area contributed by atoms with Crippen LogP contribution in [0.5, 0.6) is 0 Å². The number of hydrogen-bond acceptors (Lipinski definition) is 2. The van der Waals surface area contributed by atoms with E-state index in [9.17, 15) is 9.00 Å². The SMILES string of the molecule is O=C(CS(=O)Cc1cccc(Cl)c1)N1CCc2ccccc2C1. The maximum atomic E-state index is 12.4. The number of hydrogen-bond donors (Lipinski definition) is 0. The third kappa shape index (κ3) is 4.21. The summed E-state index contributed by atoms with van der Waals surface area (Å²) in [5, 5.41) is 0.624. The average molecular weight is 348 g/mol. The van der Waals surface area contributed by atoms with Crippen LogP contribution in [0.1, 0.15) is 16.7 Å². The minimum absolute atomic E-state index is 0.0418. The summed E-state index contributed by atoms with van der Waals surface area (Å²) in [6, 6.07) is 15.5. The van der Waals surface area contributed by atoms with Crippen molar-refractivity contribution in [3.8, 4) is 0 Å². The molecule has 1 heterocycles. The molecule has 3 nitrogen and oxygen atoms in total. The summed E-state index contributed by atoms with van der Waals surface area (Å²) in [5.74, 6) is 0.380. The Hall–Kier alpha value is -1.65. The first kappa shape index (κ1) is 16.2. The van der Waals surface area contributed by atoms with Gasteiger partial charge in [0.1, 0.15) is 5.75 Å². The molecule has 0 bridgehead atoms. The lowest BCUT2D eigenvalue weighted by molar-refractivity contribution is -0.129. The maximum absolute atomic E-state index is 12.4. The van der Waals surface area contributed by atoms with Gasteiger partial charge in [-0.15, -0.1) is 0 Å². The van der Waals surface area contributed by atoms with E-state index in [0.717, 1.165) is 12.0 Å². The van der Waals surface area contributed by atoms with E-state index in [1.807, 2.05) is 24.3 Å². The van der Waals surface area contributed by atoms with Crippen LogP contribution in [0.15, 0.2) is 48.5 Å². The highest BCUT2D eigenvalue weighted by Gasteiger charge is 2.21. The summed E-state index contributed by atoms with van der Waals surface area (Å²) < 4.78 is 12.2. The van der Waals surface area contributed by atoms with Gasteiger partial charge in [-0.3, -0.25) is 9.00 Å². The van der Waals surface area contributed by atoms with Crippen LogP contribution >= 0.6 is 11.6 Å². The van der Waals surface area contributed by atoms with Crippen LogP contribution < -0.4 is 0 Å². The van der Waals surface area contributed by atoms with E-state index in [2.05, 4.69) is 12.1 Å². The monoisotopic (exact) mass is 347 g/mol. The topological polar surface area (TPSA) is 37.4 Å². The van der Waals surface area contributed by atoms with Gasteiger partial charge in [-0.1, -0.05) is 48.0 Å². The van der Waals surface area contributed by atoms with Gasteiger partial charge in [0.2, 0.25) is 5.91 Å². The van der Waals surface area contributed by atoms with Crippen LogP contribution in [0.4, 0.5) is 0 Å². The van der Waals surface area contributed by atoms with Gasteiger partial charge in [-0.05, 0) is 35.2 Å². The summed E-state index contributed by atoms with van der Waals surface area (Å²) in [5.41, 5.74) is 3.39. The highest BCUT2D eigenvalue weighted by atomic mass is 35.5. The van der Waals surface area contributed by atoms with E-state index in [1.165, 1.54) is 11.1 Å². The summed E-state index contributed by atoms with van der Waals surface area (Å²) in [7, 11) is -1.22. The molecule has 0 radical (unpaired) electrons. The zero-order chi connectivity index (χ0) is 16.2. The molecule has 0 saturated carbocycles. The van der Waals surface area contributed by atoms with E-state index in [0.29, 0.717) is 23.9 Å². The maximum Gasteiger partial charge on any atom is 0.235 e. The van der Waals surface area contributed by atoms with Crippen molar-refractivity contribution in [1.29, 1.82) is 0 Å². The van der Waals surface area contributed by atoms with Gasteiger partial charge in [0.05, 0.1) is 0 Å². The summed E-state index contributed by atoms with van der Waals surface area (Å²) >= 11 is 5.93. The zero-order valence-corrected chi connectivity index (χ0v) is 14.3. The molecule has 0 fully saturated rings. The predicted molar refractivity (Wildman–Crippen MR) is 93.7 cm³/mol. The van der Waals surface area contributed by atoms with E-state index in [-0.39, 0.29) is 11.7 Å². The van der Waals surface area contributed by atoms with E-state index < -0.39 is 10.8 Å². The fourth-order valence-electron chi connectivity index (χ4n) is 2.80. The van der Waals surface area contributed by atoms with Crippen LogP contribution in [-0.4, -0.2) is 27.3 Å². The second kappa shape index (κ2) is 7.28. The third-order valence-corrected chi connectivity index (χ3v) is 5.44. The summed E-state index contributed by atoms with van der Waals surface area (Å²) in [4.78, 5) is 14.2. The van der Waals surface area contributed by atoms with Crippen LogP contribution in [0.25, 0.3) is 0 Å². The van der Waals surface area contributed by atoms with Gasteiger partial charge in [-0.2, -0.15) is 0 Å².